The van der Waals surface area contributed by atoms with Crippen molar-refractivity contribution in [2.45, 2.75) is 39.0 Å². The molecule has 1 heterocycles. The largest absolute Gasteiger partial charge is 0.390 e. The maximum Gasteiger partial charge on any atom is 0.265 e. The minimum Gasteiger partial charge on any atom is -0.390 e. The number of nitrogens with two attached hydrogens (primary N) is 1. The van der Waals surface area contributed by atoms with Crippen molar-refractivity contribution in [3.8, 4) is 0 Å². The van der Waals surface area contributed by atoms with E-state index < -0.39 is 9.73 Å². The van der Waals surface area contributed by atoms with Crippen LogP contribution in [0.2, 0.25) is 0 Å². The molecule has 0 spiro atoms. The van der Waals surface area contributed by atoms with Gasteiger partial charge in [0.1, 0.15) is 6.10 Å². The molecule has 0 aliphatic heterocycles. The highest BCUT2D eigenvalue weighted by Crippen LogP contribution is 2.22. The molecule has 0 saturated carbocycles. The number of rotatable bonds is 4. The van der Waals surface area contributed by atoms with E-state index in [1.54, 1.807) is 12.5 Å². The lowest BCUT2D eigenvalue weighted by atomic mass is 10.2. The Bertz CT molecular complexity index is 587. The summed E-state index contributed by atoms with van der Waals surface area (Å²) in [6.45, 7) is 7.37. The Kier molecular flexibility index (Phi) is 5.50. The monoisotopic (exact) mass is 298 g/mol. The Morgan fingerprint density at radius 2 is 2.05 bits per heavy atom. The van der Waals surface area contributed by atoms with Crippen molar-refractivity contribution in [1.29, 1.82) is 0 Å². The van der Waals surface area contributed by atoms with Crippen LogP contribution in [0.3, 0.4) is 0 Å². The number of guanidine groups is 1. The Balaban J connectivity index is 3.00. The average molecular weight is 298 g/mol. The van der Waals surface area contributed by atoms with Crippen LogP contribution in [0.5, 0.6) is 0 Å². The molecule has 0 saturated heterocycles. The predicted octanol–water partition coefficient (Wildman–Crippen LogP) is 2.20. The van der Waals surface area contributed by atoms with Crippen molar-refractivity contribution in [3.63, 3.8) is 0 Å². The Morgan fingerprint density at radius 3 is 2.55 bits per heavy atom. The summed E-state index contributed by atoms with van der Waals surface area (Å²) < 4.78 is 16.6. The van der Waals surface area contributed by atoms with Gasteiger partial charge in [-0.2, -0.15) is 4.36 Å². The van der Waals surface area contributed by atoms with Crippen LogP contribution < -0.4 is 5.73 Å². The number of nitrogens with zero attached hydrogens (tertiary/aromatic N) is 3. The second kappa shape index (κ2) is 6.69. The molecule has 0 amide bonds. The molecule has 2 atom stereocenters. The number of oxime groups is 1. The lowest BCUT2D eigenvalue weighted by Gasteiger charge is -2.13. The van der Waals surface area contributed by atoms with Crippen molar-refractivity contribution in [2.24, 2.45) is 15.3 Å². The normalized spacial score (nSPS) is 16.6. The summed E-state index contributed by atoms with van der Waals surface area (Å²) in [7, 11) is -2.57. The SMILES string of the molecule is Cc1ccc(C(C)S(C)(=O)=N/C(N)=N\OC(C)C)cn1. The summed E-state index contributed by atoms with van der Waals surface area (Å²) in [6, 6.07) is 3.77. The number of hydrogen-bond donors (Lipinski definition) is 1. The molecule has 1 rings (SSSR count). The highest BCUT2D eigenvalue weighted by Gasteiger charge is 2.17. The second-order valence-corrected chi connectivity index (χ2v) is 7.54. The molecule has 20 heavy (non-hydrogen) atoms. The van der Waals surface area contributed by atoms with E-state index in [0.717, 1.165) is 11.3 Å². The summed E-state index contributed by atoms with van der Waals surface area (Å²) in [5.41, 5.74) is 7.37. The van der Waals surface area contributed by atoms with Crippen molar-refractivity contribution >= 4 is 15.7 Å². The molecule has 0 aliphatic carbocycles. The molecule has 0 aliphatic rings. The van der Waals surface area contributed by atoms with E-state index in [0.29, 0.717) is 0 Å². The maximum absolute atomic E-state index is 12.6. The number of aryl methyl sites for hydroxylation is 1. The summed E-state index contributed by atoms with van der Waals surface area (Å²) in [5.74, 6) is -0.113. The van der Waals surface area contributed by atoms with Gasteiger partial charge in [0.05, 0.1) is 15.0 Å². The first-order valence-electron chi connectivity index (χ1n) is 6.35. The highest BCUT2D eigenvalue weighted by molar-refractivity contribution is 7.93. The molecule has 0 aromatic carbocycles. The van der Waals surface area contributed by atoms with Gasteiger partial charge in [0, 0.05) is 18.1 Å². The number of hydrogen-bond acceptors (Lipinski definition) is 4. The molecule has 7 heteroatoms. The lowest BCUT2D eigenvalue weighted by Crippen LogP contribution is -2.17. The Morgan fingerprint density at radius 1 is 1.40 bits per heavy atom. The van der Waals surface area contributed by atoms with Crippen LogP contribution in [0.25, 0.3) is 0 Å². The zero-order valence-electron chi connectivity index (χ0n) is 12.5. The zero-order valence-corrected chi connectivity index (χ0v) is 13.3. The van der Waals surface area contributed by atoms with E-state index in [2.05, 4.69) is 14.5 Å². The fourth-order valence-corrected chi connectivity index (χ4v) is 2.62. The van der Waals surface area contributed by atoms with Gasteiger partial charge in [0.15, 0.2) is 0 Å². The smallest absolute Gasteiger partial charge is 0.265 e. The minimum absolute atomic E-state index is 0.101. The van der Waals surface area contributed by atoms with Gasteiger partial charge >= 0.3 is 0 Å². The first kappa shape index (κ1) is 16.4. The van der Waals surface area contributed by atoms with Crippen LogP contribution in [-0.2, 0) is 14.6 Å². The molecule has 2 N–H and O–H groups in total. The standard InChI is InChI=1S/C13H22N4O2S/c1-9(2)19-16-13(14)17-20(5,18)11(4)12-7-6-10(3)15-8-12/h6-9,11H,1-5H3,(H2,14,16). The fraction of sp³-hybridized carbons (Fsp3) is 0.538. The average Bonchev–Trinajstić information content (AvgIpc) is 2.36. The van der Waals surface area contributed by atoms with Gasteiger partial charge in [-0.15, -0.1) is 0 Å². The number of aromatic nitrogens is 1. The van der Waals surface area contributed by atoms with Crippen molar-refractivity contribution in [1.82, 2.24) is 4.98 Å². The molecular formula is C13H22N4O2S. The summed E-state index contributed by atoms with van der Waals surface area (Å²) in [6.07, 6.45) is 3.15. The second-order valence-electron chi connectivity index (χ2n) is 4.93. The van der Waals surface area contributed by atoms with Gasteiger partial charge in [0.2, 0.25) is 0 Å². The topological polar surface area (TPSA) is 89.9 Å². The molecule has 0 bridgehead atoms. The van der Waals surface area contributed by atoms with Crippen LogP contribution in [0.4, 0.5) is 0 Å². The third-order valence-electron chi connectivity index (χ3n) is 2.69. The van der Waals surface area contributed by atoms with Crippen molar-refractivity contribution in [3.05, 3.63) is 29.6 Å². The van der Waals surface area contributed by atoms with Crippen LogP contribution >= 0.6 is 0 Å². The molecule has 0 fully saturated rings. The van der Waals surface area contributed by atoms with Crippen LogP contribution in [0.15, 0.2) is 27.8 Å². The van der Waals surface area contributed by atoms with Crippen LogP contribution in [-0.4, -0.2) is 27.5 Å². The van der Waals surface area contributed by atoms with E-state index in [-0.39, 0.29) is 17.3 Å². The van der Waals surface area contributed by atoms with Gasteiger partial charge in [-0.1, -0.05) is 6.07 Å². The Hall–Kier alpha value is -1.63. The van der Waals surface area contributed by atoms with E-state index in [1.165, 1.54) is 0 Å². The van der Waals surface area contributed by atoms with Gasteiger partial charge < -0.3 is 10.6 Å². The van der Waals surface area contributed by atoms with E-state index in [9.17, 15) is 4.21 Å². The quantitative estimate of drug-likeness (QED) is 0.524. The third kappa shape index (κ3) is 4.80. The first-order valence-corrected chi connectivity index (χ1v) is 8.34. The van der Waals surface area contributed by atoms with Crippen LogP contribution in [0, 0.1) is 6.92 Å². The molecular weight excluding hydrogens is 276 g/mol. The maximum atomic E-state index is 12.6. The molecule has 0 radical (unpaired) electrons. The highest BCUT2D eigenvalue weighted by atomic mass is 32.2. The first-order chi connectivity index (χ1) is 9.22. The van der Waals surface area contributed by atoms with Crippen molar-refractivity contribution < 1.29 is 9.05 Å². The summed E-state index contributed by atoms with van der Waals surface area (Å²) in [5, 5.41) is 3.33. The minimum atomic E-state index is -2.57. The van der Waals surface area contributed by atoms with Gasteiger partial charge in [-0.05, 0) is 44.5 Å². The van der Waals surface area contributed by atoms with Gasteiger partial charge in [-0.3, -0.25) is 4.98 Å². The lowest BCUT2D eigenvalue weighted by molar-refractivity contribution is 0.0854. The molecule has 1 aromatic rings. The van der Waals surface area contributed by atoms with Crippen LogP contribution in [0.1, 0.15) is 37.3 Å². The molecule has 6 nitrogen and oxygen atoms in total. The van der Waals surface area contributed by atoms with Crippen molar-refractivity contribution in [2.75, 3.05) is 6.26 Å². The van der Waals surface area contributed by atoms with E-state index in [1.807, 2.05) is 39.8 Å². The van der Waals surface area contributed by atoms with E-state index in [4.69, 9.17) is 10.6 Å². The van der Waals surface area contributed by atoms with Gasteiger partial charge in [0.25, 0.3) is 5.96 Å². The predicted molar refractivity (Wildman–Crippen MR) is 81.7 cm³/mol. The molecule has 2 unspecified atom stereocenters. The van der Waals surface area contributed by atoms with Gasteiger partial charge in [-0.25, -0.2) is 4.21 Å². The van der Waals surface area contributed by atoms with E-state index >= 15 is 0 Å². The number of pyridine rings is 1. The molecule has 1 aromatic heterocycles. The third-order valence-corrected chi connectivity index (χ3v) is 4.83. The fourth-order valence-electron chi connectivity index (χ4n) is 1.41. The Labute approximate surface area is 120 Å². The zero-order chi connectivity index (χ0) is 15.3. The summed E-state index contributed by atoms with van der Waals surface area (Å²) >= 11 is 0. The summed E-state index contributed by atoms with van der Waals surface area (Å²) in [4.78, 5) is 9.18. The molecule has 112 valence electrons.